The SMILES string of the molecule is O=C(c1ccc(-n2ccnc2)nc1)N1CCN(c2cccc([N+](=O)[O-])c2)CC1. The van der Waals surface area contributed by atoms with Crippen molar-refractivity contribution < 1.29 is 9.72 Å². The summed E-state index contributed by atoms with van der Waals surface area (Å²) in [6.45, 7) is 2.33. The van der Waals surface area contributed by atoms with Crippen molar-refractivity contribution >= 4 is 17.3 Å². The number of nitro groups is 1. The Morgan fingerprint density at radius 1 is 1.11 bits per heavy atom. The zero-order chi connectivity index (χ0) is 19.5. The van der Waals surface area contributed by atoms with Crippen LogP contribution in [0.2, 0.25) is 0 Å². The molecule has 0 radical (unpaired) electrons. The Labute approximate surface area is 161 Å². The average molecular weight is 378 g/mol. The number of benzene rings is 1. The van der Waals surface area contributed by atoms with Gasteiger partial charge in [0.2, 0.25) is 0 Å². The van der Waals surface area contributed by atoms with Crippen LogP contribution < -0.4 is 4.90 Å². The van der Waals surface area contributed by atoms with E-state index in [1.807, 2.05) is 6.07 Å². The van der Waals surface area contributed by atoms with Gasteiger partial charge < -0.3 is 9.80 Å². The maximum Gasteiger partial charge on any atom is 0.271 e. The van der Waals surface area contributed by atoms with Gasteiger partial charge in [-0.1, -0.05) is 6.07 Å². The van der Waals surface area contributed by atoms with E-state index in [4.69, 9.17) is 0 Å². The van der Waals surface area contributed by atoms with Gasteiger partial charge in [0.15, 0.2) is 0 Å². The topological polar surface area (TPSA) is 97.4 Å². The number of rotatable bonds is 4. The first-order valence-corrected chi connectivity index (χ1v) is 8.85. The lowest BCUT2D eigenvalue weighted by Gasteiger charge is -2.36. The van der Waals surface area contributed by atoms with Gasteiger partial charge in [-0.25, -0.2) is 9.97 Å². The highest BCUT2D eigenvalue weighted by Crippen LogP contribution is 2.22. The van der Waals surface area contributed by atoms with Crippen molar-refractivity contribution in [3.63, 3.8) is 0 Å². The summed E-state index contributed by atoms with van der Waals surface area (Å²) >= 11 is 0. The zero-order valence-corrected chi connectivity index (χ0v) is 15.0. The molecule has 2 aromatic heterocycles. The third-order valence-electron chi connectivity index (χ3n) is 4.74. The van der Waals surface area contributed by atoms with Crippen LogP contribution in [0.25, 0.3) is 5.82 Å². The zero-order valence-electron chi connectivity index (χ0n) is 15.0. The van der Waals surface area contributed by atoms with Crippen LogP contribution in [0.15, 0.2) is 61.3 Å². The predicted octanol–water partition coefficient (Wildman–Crippen LogP) is 2.14. The second kappa shape index (κ2) is 7.47. The second-order valence-corrected chi connectivity index (χ2v) is 6.43. The van der Waals surface area contributed by atoms with Gasteiger partial charge in [-0.2, -0.15) is 0 Å². The molecule has 1 fully saturated rings. The van der Waals surface area contributed by atoms with Gasteiger partial charge in [-0.3, -0.25) is 19.5 Å². The lowest BCUT2D eigenvalue weighted by molar-refractivity contribution is -0.384. The van der Waals surface area contributed by atoms with E-state index in [1.165, 1.54) is 6.07 Å². The Hall–Kier alpha value is -3.75. The minimum Gasteiger partial charge on any atom is -0.368 e. The van der Waals surface area contributed by atoms with Crippen molar-refractivity contribution in [2.24, 2.45) is 0 Å². The number of anilines is 1. The smallest absolute Gasteiger partial charge is 0.271 e. The third-order valence-corrected chi connectivity index (χ3v) is 4.74. The number of nitrogens with zero attached hydrogens (tertiary/aromatic N) is 6. The lowest BCUT2D eigenvalue weighted by atomic mass is 10.2. The number of pyridine rings is 1. The molecule has 1 amide bonds. The number of imidazole rings is 1. The number of non-ortho nitro benzene ring substituents is 1. The van der Waals surface area contributed by atoms with Crippen LogP contribution in [-0.2, 0) is 0 Å². The van der Waals surface area contributed by atoms with Gasteiger partial charge in [0.1, 0.15) is 12.1 Å². The Morgan fingerprint density at radius 3 is 2.57 bits per heavy atom. The van der Waals surface area contributed by atoms with Gasteiger partial charge in [-0.05, 0) is 18.2 Å². The molecule has 1 aliphatic rings. The minimum absolute atomic E-state index is 0.0663. The maximum atomic E-state index is 12.7. The van der Waals surface area contributed by atoms with E-state index in [0.29, 0.717) is 37.6 Å². The summed E-state index contributed by atoms with van der Waals surface area (Å²) in [5, 5.41) is 11.0. The monoisotopic (exact) mass is 378 g/mol. The number of aromatic nitrogens is 3. The maximum absolute atomic E-state index is 12.7. The van der Waals surface area contributed by atoms with Gasteiger partial charge >= 0.3 is 0 Å². The van der Waals surface area contributed by atoms with Crippen LogP contribution in [0.1, 0.15) is 10.4 Å². The molecule has 142 valence electrons. The molecule has 9 nitrogen and oxygen atoms in total. The van der Waals surface area contributed by atoms with E-state index >= 15 is 0 Å². The van der Waals surface area contributed by atoms with Crippen LogP contribution in [0.4, 0.5) is 11.4 Å². The number of nitro benzene ring substituents is 1. The molecule has 3 heterocycles. The number of amides is 1. The van der Waals surface area contributed by atoms with Gasteiger partial charge in [-0.15, -0.1) is 0 Å². The molecule has 1 saturated heterocycles. The highest BCUT2D eigenvalue weighted by atomic mass is 16.6. The molecule has 9 heteroatoms. The summed E-state index contributed by atoms with van der Waals surface area (Å²) in [5.74, 6) is 0.632. The van der Waals surface area contributed by atoms with Crippen LogP contribution in [0, 0.1) is 10.1 Å². The highest BCUT2D eigenvalue weighted by molar-refractivity contribution is 5.94. The van der Waals surface area contributed by atoms with Crippen molar-refractivity contribution in [2.75, 3.05) is 31.1 Å². The number of carbonyl (C=O) groups excluding carboxylic acids is 1. The van der Waals surface area contributed by atoms with Crippen LogP contribution in [-0.4, -0.2) is 56.4 Å². The van der Waals surface area contributed by atoms with E-state index < -0.39 is 4.92 Å². The Kier molecular flexibility index (Phi) is 4.71. The Balaban J connectivity index is 1.40. The van der Waals surface area contributed by atoms with Gasteiger partial charge in [0.25, 0.3) is 11.6 Å². The van der Waals surface area contributed by atoms with Crippen molar-refractivity contribution in [3.8, 4) is 5.82 Å². The highest BCUT2D eigenvalue weighted by Gasteiger charge is 2.23. The largest absolute Gasteiger partial charge is 0.368 e. The summed E-state index contributed by atoms with van der Waals surface area (Å²) in [7, 11) is 0. The fourth-order valence-corrected chi connectivity index (χ4v) is 3.21. The molecule has 0 unspecified atom stereocenters. The van der Waals surface area contributed by atoms with E-state index in [-0.39, 0.29) is 11.6 Å². The van der Waals surface area contributed by atoms with Crippen molar-refractivity contribution in [1.29, 1.82) is 0 Å². The molecule has 0 atom stereocenters. The molecule has 0 spiro atoms. The Bertz CT molecular complexity index is 979. The second-order valence-electron chi connectivity index (χ2n) is 6.43. The van der Waals surface area contributed by atoms with Gasteiger partial charge in [0, 0.05) is 62.6 Å². The molecule has 3 aromatic rings. The van der Waals surface area contributed by atoms with E-state index in [1.54, 1.807) is 58.7 Å². The number of carbonyl (C=O) groups is 1. The average Bonchev–Trinajstić information content (AvgIpc) is 3.28. The quantitative estimate of drug-likeness (QED) is 0.510. The standard InChI is InChI=1S/C19H18N6O3/c26-19(15-4-5-18(21-13-15)24-7-6-20-14-24)23-10-8-22(9-11-23)16-2-1-3-17(12-16)25(27)28/h1-7,12-14H,8-11H2. The van der Waals surface area contributed by atoms with E-state index in [9.17, 15) is 14.9 Å². The molecular formula is C19H18N6O3. The summed E-state index contributed by atoms with van der Waals surface area (Å²) in [5.41, 5.74) is 1.40. The van der Waals surface area contributed by atoms with Crippen LogP contribution >= 0.6 is 0 Å². The molecule has 0 aliphatic carbocycles. The summed E-state index contributed by atoms with van der Waals surface area (Å²) in [4.78, 5) is 35.4. The number of piperazine rings is 1. The molecule has 1 aliphatic heterocycles. The fourth-order valence-electron chi connectivity index (χ4n) is 3.21. The first kappa shape index (κ1) is 17.7. The van der Waals surface area contributed by atoms with Crippen LogP contribution in [0.5, 0.6) is 0 Å². The normalized spacial score (nSPS) is 14.1. The number of hydrogen-bond donors (Lipinski definition) is 0. The molecule has 0 bridgehead atoms. The molecule has 0 N–H and O–H groups in total. The van der Waals surface area contributed by atoms with Gasteiger partial charge in [0.05, 0.1) is 10.5 Å². The van der Waals surface area contributed by atoms with Crippen molar-refractivity contribution in [1.82, 2.24) is 19.4 Å². The molecule has 0 saturated carbocycles. The first-order valence-electron chi connectivity index (χ1n) is 8.85. The third kappa shape index (κ3) is 3.54. The minimum atomic E-state index is -0.399. The van der Waals surface area contributed by atoms with Crippen molar-refractivity contribution in [2.45, 2.75) is 0 Å². The van der Waals surface area contributed by atoms with Crippen LogP contribution in [0.3, 0.4) is 0 Å². The molecule has 1 aromatic carbocycles. The van der Waals surface area contributed by atoms with E-state index in [2.05, 4.69) is 14.9 Å². The summed E-state index contributed by atoms with van der Waals surface area (Å²) < 4.78 is 1.77. The van der Waals surface area contributed by atoms with Crippen molar-refractivity contribution in [3.05, 3.63) is 77.0 Å². The molecule has 4 rings (SSSR count). The summed E-state index contributed by atoms with van der Waals surface area (Å²) in [6.07, 6.45) is 6.68. The Morgan fingerprint density at radius 2 is 1.93 bits per heavy atom. The predicted molar refractivity (Wildman–Crippen MR) is 103 cm³/mol. The number of hydrogen-bond acceptors (Lipinski definition) is 6. The van der Waals surface area contributed by atoms with E-state index in [0.717, 1.165) is 5.69 Å². The lowest BCUT2D eigenvalue weighted by Crippen LogP contribution is -2.48. The molecule has 28 heavy (non-hydrogen) atoms. The molecular weight excluding hydrogens is 360 g/mol. The first-order chi connectivity index (χ1) is 13.6. The summed E-state index contributed by atoms with van der Waals surface area (Å²) in [6, 6.07) is 10.1. The fraction of sp³-hybridized carbons (Fsp3) is 0.211.